The van der Waals surface area contributed by atoms with Crippen LogP contribution in [0.3, 0.4) is 0 Å². The Kier molecular flexibility index (Phi) is 3.58. The Labute approximate surface area is 101 Å². The third-order valence-electron chi connectivity index (χ3n) is 2.76. The lowest BCUT2D eigenvalue weighted by molar-refractivity contribution is 0.391. The lowest BCUT2D eigenvalue weighted by atomic mass is 10.2. The zero-order valence-corrected chi connectivity index (χ0v) is 10.5. The molecule has 2 aromatic rings. The van der Waals surface area contributed by atoms with Crippen LogP contribution in [-0.4, -0.2) is 21.5 Å². The number of nitrogens with one attached hydrogen (secondary N) is 1. The van der Waals surface area contributed by atoms with Crippen molar-refractivity contribution in [2.75, 3.05) is 6.54 Å². The maximum atomic E-state index is 5.11. The molecule has 92 valence electrons. The first kappa shape index (κ1) is 11.9. The normalized spacial score (nSPS) is 11.0. The fraction of sp³-hybridized carbons (Fsp3) is 0.500. The highest BCUT2D eigenvalue weighted by molar-refractivity contribution is 5.20. The molecule has 2 rings (SSSR count). The highest BCUT2D eigenvalue weighted by Crippen LogP contribution is 2.11. The fourth-order valence-electron chi connectivity index (χ4n) is 1.75. The van der Waals surface area contributed by atoms with Crippen molar-refractivity contribution >= 4 is 0 Å². The monoisotopic (exact) mass is 234 g/mol. The minimum Gasteiger partial charge on any atom is -0.361 e. The predicted molar refractivity (Wildman–Crippen MR) is 64.6 cm³/mol. The summed E-state index contributed by atoms with van der Waals surface area (Å²) >= 11 is 0. The van der Waals surface area contributed by atoms with Crippen molar-refractivity contribution in [2.45, 2.75) is 33.9 Å². The van der Waals surface area contributed by atoms with Gasteiger partial charge in [0.2, 0.25) is 0 Å². The van der Waals surface area contributed by atoms with Gasteiger partial charge < -0.3 is 9.84 Å². The van der Waals surface area contributed by atoms with Crippen molar-refractivity contribution in [3.63, 3.8) is 0 Å². The van der Waals surface area contributed by atoms with Gasteiger partial charge in [-0.2, -0.15) is 5.10 Å². The lowest BCUT2D eigenvalue weighted by Crippen LogP contribution is -2.20. The fourth-order valence-corrected chi connectivity index (χ4v) is 1.75. The molecule has 2 heterocycles. The molecule has 0 aliphatic heterocycles. The van der Waals surface area contributed by atoms with E-state index in [2.05, 4.69) is 15.6 Å². The summed E-state index contributed by atoms with van der Waals surface area (Å²) in [6.07, 6.45) is 3.91. The van der Waals surface area contributed by atoms with Crippen molar-refractivity contribution < 1.29 is 4.52 Å². The van der Waals surface area contributed by atoms with Crippen LogP contribution in [0.2, 0.25) is 0 Å². The summed E-state index contributed by atoms with van der Waals surface area (Å²) < 4.78 is 7.05. The van der Waals surface area contributed by atoms with E-state index >= 15 is 0 Å². The largest absolute Gasteiger partial charge is 0.361 e. The molecule has 0 aliphatic carbocycles. The van der Waals surface area contributed by atoms with Gasteiger partial charge in [-0.1, -0.05) is 5.16 Å². The van der Waals surface area contributed by atoms with Crippen LogP contribution in [0, 0.1) is 20.8 Å². The summed E-state index contributed by atoms with van der Waals surface area (Å²) in [6, 6.07) is 0. The summed E-state index contributed by atoms with van der Waals surface area (Å²) in [5.41, 5.74) is 3.31. The maximum absolute atomic E-state index is 5.11. The molecule has 0 saturated carbocycles. The van der Waals surface area contributed by atoms with Crippen LogP contribution in [0.5, 0.6) is 0 Å². The maximum Gasteiger partial charge on any atom is 0.138 e. The first-order valence-electron chi connectivity index (χ1n) is 5.78. The third-order valence-corrected chi connectivity index (χ3v) is 2.76. The summed E-state index contributed by atoms with van der Waals surface area (Å²) in [7, 11) is 0. The molecule has 5 heteroatoms. The molecule has 0 aliphatic rings. The van der Waals surface area contributed by atoms with Crippen molar-refractivity contribution in [1.82, 2.24) is 20.3 Å². The predicted octanol–water partition coefficient (Wildman–Crippen LogP) is 1.59. The van der Waals surface area contributed by atoms with Crippen molar-refractivity contribution in [3.8, 4) is 0 Å². The van der Waals surface area contributed by atoms with Gasteiger partial charge in [-0.15, -0.1) is 0 Å². The van der Waals surface area contributed by atoms with Gasteiger partial charge in [0, 0.05) is 24.8 Å². The number of hydrogen-bond donors (Lipinski definition) is 1. The standard InChI is InChI=1S/C12H18N4O/c1-9-6-14-16(8-9)5-4-13-7-12-10(2)15-17-11(12)3/h6,8,13H,4-5,7H2,1-3H3. The molecule has 0 spiro atoms. The van der Waals surface area contributed by atoms with E-state index in [1.165, 1.54) is 5.56 Å². The summed E-state index contributed by atoms with van der Waals surface area (Å²) in [5.74, 6) is 0.893. The smallest absolute Gasteiger partial charge is 0.138 e. The molecule has 0 saturated heterocycles. The minimum absolute atomic E-state index is 0.793. The molecule has 0 radical (unpaired) electrons. The van der Waals surface area contributed by atoms with E-state index in [0.717, 1.165) is 36.7 Å². The van der Waals surface area contributed by atoms with Gasteiger partial charge >= 0.3 is 0 Å². The van der Waals surface area contributed by atoms with E-state index in [0.29, 0.717) is 0 Å². The SMILES string of the molecule is Cc1cnn(CCNCc2c(C)noc2C)c1. The van der Waals surface area contributed by atoms with Crippen LogP contribution in [0.1, 0.15) is 22.6 Å². The van der Waals surface area contributed by atoms with Crippen molar-refractivity contribution in [1.29, 1.82) is 0 Å². The van der Waals surface area contributed by atoms with Gasteiger partial charge in [0.05, 0.1) is 18.4 Å². The first-order valence-corrected chi connectivity index (χ1v) is 5.78. The summed E-state index contributed by atoms with van der Waals surface area (Å²) in [4.78, 5) is 0. The molecule has 0 unspecified atom stereocenters. The Morgan fingerprint density at radius 3 is 2.76 bits per heavy atom. The van der Waals surface area contributed by atoms with Crippen LogP contribution >= 0.6 is 0 Å². The number of nitrogens with zero attached hydrogens (tertiary/aromatic N) is 3. The van der Waals surface area contributed by atoms with Gasteiger partial charge in [0.25, 0.3) is 0 Å². The second-order valence-corrected chi connectivity index (χ2v) is 4.26. The van der Waals surface area contributed by atoms with Crippen LogP contribution in [0.25, 0.3) is 0 Å². The Balaban J connectivity index is 1.77. The molecule has 5 nitrogen and oxygen atoms in total. The molecule has 0 amide bonds. The first-order chi connectivity index (χ1) is 8.16. The lowest BCUT2D eigenvalue weighted by Gasteiger charge is -2.04. The van der Waals surface area contributed by atoms with E-state index in [1.54, 1.807) is 0 Å². The topological polar surface area (TPSA) is 55.9 Å². The van der Waals surface area contributed by atoms with E-state index in [-0.39, 0.29) is 0 Å². The van der Waals surface area contributed by atoms with Crippen LogP contribution in [-0.2, 0) is 13.1 Å². The Hall–Kier alpha value is -1.62. The van der Waals surface area contributed by atoms with Gasteiger partial charge in [-0.3, -0.25) is 4.68 Å². The van der Waals surface area contributed by atoms with E-state index in [9.17, 15) is 0 Å². The number of aromatic nitrogens is 3. The zero-order chi connectivity index (χ0) is 12.3. The number of hydrogen-bond acceptors (Lipinski definition) is 4. The third kappa shape index (κ3) is 2.94. The average Bonchev–Trinajstić information content (AvgIpc) is 2.83. The molecule has 2 aromatic heterocycles. The molecule has 0 atom stereocenters. The average molecular weight is 234 g/mol. The van der Waals surface area contributed by atoms with Gasteiger partial charge in [-0.25, -0.2) is 0 Å². The van der Waals surface area contributed by atoms with Crippen molar-refractivity contribution in [2.24, 2.45) is 0 Å². The highest BCUT2D eigenvalue weighted by Gasteiger charge is 2.07. The van der Waals surface area contributed by atoms with Gasteiger partial charge in [0.1, 0.15) is 5.76 Å². The molecular weight excluding hydrogens is 216 g/mol. The van der Waals surface area contributed by atoms with E-state index < -0.39 is 0 Å². The number of aryl methyl sites for hydroxylation is 3. The molecule has 0 aromatic carbocycles. The molecular formula is C12H18N4O. The quantitative estimate of drug-likeness (QED) is 0.798. The Morgan fingerprint density at radius 2 is 2.18 bits per heavy atom. The van der Waals surface area contributed by atoms with E-state index in [1.807, 2.05) is 37.8 Å². The zero-order valence-electron chi connectivity index (χ0n) is 10.5. The van der Waals surface area contributed by atoms with Crippen LogP contribution in [0.15, 0.2) is 16.9 Å². The Bertz CT molecular complexity index is 467. The van der Waals surface area contributed by atoms with Crippen LogP contribution < -0.4 is 5.32 Å². The van der Waals surface area contributed by atoms with Crippen LogP contribution in [0.4, 0.5) is 0 Å². The molecule has 0 bridgehead atoms. The highest BCUT2D eigenvalue weighted by atomic mass is 16.5. The molecule has 1 N–H and O–H groups in total. The molecule has 17 heavy (non-hydrogen) atoms. The second-order valence-electron chi connectivity index (χ2n) is 4.26. The summed E-state index contributed by atoms with van der Waals surface area (Å²) in [5, 5.41) is 11.5. The summed E-state index contributed by atoms with van der Waals surface area (Å²) in [6.45, 7) is 8.49. The molecule has 0 fully saturated rings. The Morgan fingerprint density at radius 1 is 1.35 bits per heavy atom. The van der Waals surface area contributed by atoms with E-state index in [4.69, 9.17) is 4.52 Å². The minimum atomic E-state index is 0.793. The van der Waals surface area contributed by atoms with Gasteiger partial charge in [-0.05, 0) is 26.3 Å². The van der Waals surface area contributed by atoms with Crippen molar-refractivity contribution in [3.05, 3.63) is 35.0 Å². The van der Waals surface area contributed by atoms with Gasteiger partial charge in [0.15, 0.2) is 0 Å². The number of rotatable bonds is 5. The second kappa shape index (κ2) is 5.14.